The highest BCUT2D eigenvalue weighted by Crippen LogP contribution is 2.29. The molecule has 3 aliphatic rings. The van der Waals surface area contributed by atoms with Gasteiger partial charge in [0.1, 0.15) is 0 Å². The molecule has 3 unspecified atom stereocenters. The molecule has 0 aromatic carbocycles. The first-order valence-electron chi connectivity index (χ1n) is 14.7. The minimum atomic E-state index is -0.627. The van der Waals surface area contributed by atoms with Gasteiger partial charge < -0.3 is 0 Å². The van der Waals surface area contributed by atoms with Crippen molar-refractivity contribution in [1.82, 2.24) is 0 Å². The summed E-state index contributed by atoms with van der Waals surface area (Å²) >= 11 is 0. The Labute approximate surface area is 232 Å². The maximum absolute atomic E-state index is 11.7. The SMILES string of the molecule is CC(C)(C)S(=O)CC1CCCC1.CC(C)(C)S(=O)CC1CCCC1.CC(C)(C)S(=O)CC1CCCC1. The lowest BCUT2D eigenvalue weighted by Gasteiger charge is -2.20. The van der Waals surface area contributed by atoms with Crippen molar-refractivity contribution in [2.24, 2.45) is 17.8 Å². The van der Waals surface area contributed by atoms with Gasteiger partial charge in [0.2, 0.25) is 0 Å². The van der Waals surface area contributed by atoms with Gasteiger partial charge in [-0.25, -0.2) is 0 Å². The summed E-state index contributed by atoms with van der Waals surface area (Å²) in [7, 11) is -1.88. The van der Waals surface area contributed by atoms with E-state index in [1.807, 2.05) is 0 Å². The fourth-order valence-electron chi connectivity index (χ4n) is 4.92. The van der Waals surface area contributed by atoms with Crippen LogP contribution in [0.3, 0.4) is 0 Å². The Hall–Kier alpha value is 0.450. The predicted octanol–water partition coefficient (Wildman–Crippen LogP) is 8.17. The Bertz CT molecular complexity index is 585. The molecule has 0 amide bonds. The zero-order valence-corrected chi connectivity index (χ0v) is 27.7. The Morgan fingerprint density at radius 2 is 0.583 bits per heavy atom. The van der Waals surface area contributed by atoms with Gasteiger partial charge in [0, 0.05) is 63.9 Å². The summed E-state index contributed by atoms with van der Waals surface area (Å²) in [6.07, 6.45) is 16.0. The van der Waals surface area contributed by atoms with E-state index in [0.29, 0.717) is 0 Å². The maximum atomic E-state index is 11.7. The quantitative estimate of drug-likeness (QED) is 0.327. The van der Waals surface area contributed by atoms with Crippen molar-refractivity contribution < 1.29 is 12.6 Å². The Morgan fingerprint density at radius 1 is 0.417 bits per heavy atom. The molecule has 3 nitrogen and oxygen atoms in total. The van der Waals surface area contributed by atoms with E-state index in [2.05, 4.69) is 62.3 Å². The molecule has 0 aromatic rings. The van der Waals surface area contributed by atoms with Gasteiger partial charge in [-0.2, -0.15) is 0 Å². The molecule has 0 aliphatic heterocycles. The van der Waals surface area contributed by atoms with Gasteiger partial charge in [-0.1, -0.05) is 38.5 Å². The van der Waals surface area contributed by atoms with Gasteiger partial charge in [-0.3, -0.25) is 12.6 Å². The topological polar surface area (TPSA) is 51.2 Å². The van der Waals surface area contributed by atoms with Crippen LogP contribution >= 0.6 is 0 Å². The fourth-order valence-corrected chi connectivity index (χ4v) is 8.71. The summed E-state index contributed by atoms with van der Waals surface area (Å²) in [4.78, 5) is 0. The van der Waals surface area contributed by atoms with Crippen molar-refractivity contribution in [3.8, 4) is 0 Å². The molecule has 0 radical (unpaired) electrons. The predicted molar refractivity (Wildman–Crippen MR) is 164 cm³/mol. The summed E-state index contributed by atoms with van der Waals surface area (Å²) in [5.41, 5.74) is 0. The third kappa shape index (κ3) is 14.6. The van der Waals surface area contributed by atoms with Crippen LogP contribution in [0, 0.1) is 17.8 Å². The molecule has 0 spiro atoms. The van der Waals surface area contributed by atoms with E-state index in [0.717, 1.165) is 35.0 Å². The van der Waals surface area contributed by atoms with E-state index in [1.165, 1.54) is 77.0 Å². The van der Waals surface area contributed by atoms with Gasteiger partial charge >= 0.3 is 0 Å². The van der Waals surface area contributed by atoms with Crippen LogP contribution in [0.15, 0.2) is 0 Å². The largest absolute Gasteiger partial charge is 0.259 e. The normalized spacial score (nSPS) is 22.9. The summed E-state index contributed by atoms with van der Waals surface area (Å²) in [6, 6.07) is 0. The van der Waals surface area contributed by atoms with Crippen LogP contribution in [0.2, 0.25) is 0 Å². The average Bonchev–Trinajstić information content (AvgIpc) is 3.51. The van der Waals surface area contributed by atoms with Crippen molar-refractivity contribution in [2.75, 3.05) is 17.3 Å². The van der Waals surface area contributed by atoms with Crippen LogP contribution in [0.1, 0.15) is 139 Å². The lowest BCUT2D eigenvalue weighted by Crippen LogP contribution is -2.26. The van der Waals surface area contributed by atoms with E-state index < -0.39 is 32.4 Å². The summed E-state index contributed by atoms with van der Waals surface area (Å²) in [5, 5.41) is 0. The third-order valence-corrected chi connectivity index (χ3v) is 14.1. The van der Waals surface area contributed by atoms with Crippen molar-refractivity contribution in [3.05, 3.63) is 0 Å². The second kappa shape index (κ2) is 15.9. The molecule has 0 saturated heterocycles. The Balaban J connectivity index is 0.000000270. The number of rotatable bonds is 6. The molecular formula is C30H60O3S3. The minimum Gasteiger partial charge on any atom is -0.259 e. The van der Waals surface area contributed by atoms with Crippen LogP contribution in [0.4, 0.5) is 0 Å². The summed E-state index contributed by atoms with van der Waals surface area (Å²) in [6.45, 7) is 18.6. The van der Waals surface area contributed by atoms with Gasteiger partial charge in [0.05, 0.1) is 0 Å². The van der Waals surface area contributed by atoms with Crippen molar-refractivity contribution in [1.29, 1.82) is 0 Å². The molecule has 0 aromatic heterocycles. The monoisotopic (exact) mass is 564 g/mol. The zero-order valence-electron chi connectivity index (χ0n) is 25.3. The van der Waals surface area contributed by atoms with Crippen molar-refractivity contribution >= 4 is 32.4 Å². The summed E-state index contributed by atoms with van der Waals surface area (Å²) < 4.78 is 35.2. The molecule has 0 N–H and O–H groups in total. The number of hydrogen-bond donors (Lipinski definition) is 0. The van der Waals surface area contributed by atoms with E-state index in [-0.39, 0.29) is 14.2 Å². The summed E-state index contributed by atoms with van der Waals surface area (Å²) in [5.74, 6) is 5.07. The number of hydrogen-bond acceptors (Lipinski definition) is 3. The standard InChI is InChI=1S/3C10H20OS/c3*1-10(2,3)12(11)8-9-6-4-5-7-9/h3*9H,4-8H2,1-3H3. The molecule has 3 rings (SSSR count). The van der Waals surface area contributed by atoms with E-state index >= 15 is 0 Å². The lowest BCUT2D eigenvalue weighted by atomic mass is 10.1. The molecule has 3 atom stereocenters. The zero-order chi connectivity index (χ0) is 27.6. The molecular weight excluding hydrogens is 505 g/mol. The maximum Gasteiger partial charge on any atom is 0.0375 e. The molecule has 216 valence electrons. The second-order valence-electron chi connectivity index (χ2n) is 14.3. The van der Waals surface area contributed by atoms with Gasteiger partial charge in [0.15, 0.2) is 0 Å². The molecule has 3 saturated carbocycles. The highest BCUT2D eigenvalue weighted by Gasteiger charge is 2.26. The highest BCUT2D eigenvalue weighted by molar-refractivity contribution is 7.86. The Kier molecular flexibility index (Phi) is 15.2. The van der Waals surface area contributed by atoms with Gasteiger partial charge in [-0.05, 0) is 119 Å². The van der Waals surface area contributed by atoms with Gasteiger partial charge in [-0.15, -0.1) is 0 Å². The highest BCUT2D eigenvalue weighted by atomic mass is 32.2. The van der Waals surface area contributed by atoms with Crippen molar-refractivity contribution in [2.45, 2.75) is 154 Å². The molecule has 3 fully saturated rings. The van der Waals surface area contributed by atoms with Crippen LogP contribution in [0.25, 0.3) is 0 Å². The van der Waals surface area contributed by atoms with Crippen LogP contribution in [0.5, 0.6) is 0 Å². The van der Waals surface area contributed by atoms with Crippen molar-refractivity contribution in [3.63, 3.8) is 0 Å². The molecule has 0 bridgehead atoms. The smallest absolute Gasteiger partial charge is 0.0375 e. The van der Waals surface area contributed by atoms with Crippen LogP contribution in [-0.4, -0.2) is 44.1 Å². The van der Waals surface area contributed by atoms with Gasteiger partial charge in [0.25, 0.3) is 0 Å². The molecule has 36 heavy (non-hydrogen) atoms. The van der Waals surface area contributed by atoms with E-state index in [1.54, 1.807) is 0 Å². The lowest BCUT2D eigenvalue weighted by molar-refractivity contribution is 0.589. The third-order valence-electron chi connectivity index (χ3n) is 7.63. The minimum absolute atomic E-state index is 0.0113. The van der Waals surface area contributed by atoms with E-state index in [4.69, 9.17) is 0 Å². The van der Waals surface area contributed by atoms with Crippen LogP contribution < -0.4 is 0 Å². The fraction of sp³-hybridized carbons (Fsp3) is 1.00. The first-order chi connectivity index (χ1) is 16.5. The van der Waals surface area contributed by atoms with E-state index in [9.17, 15) is 12.6 Å². The second-order valence-corrected chi connectivity index (χ2v) is 21.1. The first-order valence-corrected chi connectivity index (χ1v) is 18.6. The molecule has 0 heterocycles. The Morgan fingerprint density at radius 3 is 0.722 bits per heavy atom. The molecule has 6 heteroatoms. The first kappa shape index (κ1) is 34.5. The average molecular weight is 565 g/mol. The molecule has 3 aliphatic carbocycles. The van der Waals surface area contributed by atoms with Crippen LogP contribution in [-0.2, 0) is 32.4 Å².